The van der Waals surface area contributed by atoms with Crippen LogP contribution in [0.25, 0.3) is 0 Å². The first-order chi connectivity index (χ1) is 6.69. The molecule has 4 heteroatoms. The number of hydrogen-bond donors (Lipinski definition) is 2. The molecule has 0 aliphatic carbocycles. The van der Waals surface area contributed by atoms with Crippen LogP contribution in [-0.2, 0) is 4.74 Å². The number of ether oxygens (including phenoxy) is 1. The minimum Gasteiger partial charge on any atom is -0.399 e. The molecule has 74 valence electrons. The van der Waals surface area contributed by atoms with Gasteiger partial charge in [-0.15, -0.1) is 0 Å². The molecule has 0 aliphatic heterocycles. The highest BCUT2D eigenvalue weighted by Gasteiger charge is 2.10. The zero-order chi connectivity index (χ0) is 10.6. The number of nitrogens with zero attached hydrogens (tertiary/aromatic N) is 1. The van der Waals surface area contributed by atoms with Crippen LogP contribution in [0.3, 0.4) is 0 Å². The molecule has 0 spiro atoms. The fourth-order valence-electron chi connectivity index (χ4n) is 1.26. The first-order valence-electron chi connectivity index (χ1n) is 4.23. The Morgan fingerprint density at radius 3 is 2.86 bits per heavy atom. The van der Waals surface area contributed by atoms with Gasteiger partial charge in [0, 0.05) is 12.8 Å². The van der Waals surface area contributed by atoms with E-state index in [1.165, 1.54) is 0 Å². The lowest BCUT2D eigenvalue weighted by atomic mass is 10.0. The molecule has 0 aliphatic rings. The summed E-state index contributed by atoms with van der Waals surface area (Å²) < 4.78 is 4.92. The van der Waals surface area contributed by atoms with Gasteiger partial charge in [-0.05, 0) is 23.8 Å². The third-order valence-corrected chi connectivity index (χ3v) is 1.94. The molecule has 0 saturated carbocycles. The number of nitriles is 1. The number of methoxy groups -OCH3 is 1. The van der Waals surface area contributed by atoms with Gasteiger partial charge in [0.25, 0.3) is 0 Å². The number of rotatable bonds is 3. The van der Waals surface area contributed by atoms with E-state index in [1.54, 1.807) is 25.3 Å². The van der Waals surface area contributed by atoms with Crippen molar-refractivity contribution in [2.75, 3.05) is 19.5 Å². The summed E-state index contributed by atoms with van der Waals surface area (Å²) in [6, 6.07) is 6.82. The molecular weight excluding hydrogens is 178 g/mol. The quantitative estimate of drug-likeness (QED) is 0.691. The van der Waals surface area contributed by atoms with Gasteiger partial charge in [0.15, 0.2) is 0 Å². The summed E-state index contributed by atoms with van der Waals surface area (Å²) in [4.78, 5) is 0. The largest absolute Gasteiger partial charge is 0.399 e. The summed E-state index contributed by atoms with van der Waals surface area (Å²) in [6.07, 6.45) is 0. The van der Waals surface area contributed by atoms with Gasteiger partial charge < -0.3 is 16.2 Å². The Bertz CT molecular complexity index is 357. The van der Waals surface area contributed by atoms with Crippen molar-refractivity contribution in [1.29, 1.82) is 5.26 Å². The van der Waals surface area contributed by atoms with Crippen LogP contribution in [0.1, 0.15) is 17.2 Å². The molecule has 1 unspecified atom stereocenters. The van der Waals surface area contributed by atoms with Gasteiger partial charge in [0.05, 0.1) is 24.3 Å². The molecule has 0 heterocycles. The fraction of sp³-hybridized carbons (Fsp3) is 0.300. The summed E-state index contributed by atoms with van der Waals surface area (Å²) in [5, 5.41) is 8.84. The molecule has 1 rings (SSSR count). The van der Waals surface area contributed by atoms with Crippen LogP contribution in [0.5, 0.6) is 0 Å². The van der Waals surface area contributed by atoms with Crippen molar-refractivity contribution in [2.24, 2.45) is 5.73 Å². The highest BCUT2D eigenvalue weighted by Crippen LogP contribution is 2.18. The maximum absolute atomic E-state index is 8.84. The van der Waals surface area contributed by atoms with Crippen molar-refractivity contribution in [2.45, 2.75) is 6.04 Å². The maximum atomic E-state index is 8.84. The number of anilines is 1. The highest BCUT2D eigenvalue weighted by molar-refractivity contribution is 5.50. The van der Waals surface area contributed by atoms with Crippen LogP contribution in [0.4, 0.5) is 5.69 Å². The summed E-state index contributed by atoms with van der Waals surface area (Å²) in [6.45, 7) is 0.373. The van der Waals surface area contributed by atoms with Crippen molar-refractivity contribution in [3.8, 4) is 6.07 Å². The lowest BCUT2D eigenvalue weighted by Crippen LogP contribution is -2.17. The zero-order valence-corrected chi connectivity index (χ0v) is 8.03. The van der Waals surface area contributed by atoms with Crippen LogP contribution in [0.2, 0.25) is 0 Å². The van der Waals surface area contributed by atoms with E-state index in [0.717, 1.165) is 5.56 Å². The number of benzene rings is 1. The van der Waals surface area contributed by atoms with Crippen molar-refractivity contribution in [3.05, 3.63) is 29.3 Å². The van der Waals surface area contributed by atoms with Crippen LogP contribution < -0.4 is 11.5 Å². The Morgan fingerprint density at radius 2 is 2.29 bits per heavy atom. The highest BCUT2D eigenvalue weighted by atomic mass is 16.5. The van der Waals surface area contributed by atoms with Crippen LogP contribution in [0.15, 0.2) is 18.2 Å². The lowest BCUT2D eigenvalue weighted by molar-refractivity contribution is 0.181. The normalized spacial score (nSPS) is 12.1. The Balaban J connectivity index is 3.05. The first-order valence-corrected chi connectivity index (χ1v) is 4.23. The second kappa shape index (κ2) is 4.61. The molecule has 4 nitrogen and oxygen atoms in total. The fourth-order valence-corrected chi connectivity index (χ4v) is 1.26. The number of hydrogen-bond acceptors (Lipinski definition) is 4. The smallest absolute Gasteiger partial charge is 0.0995 e. The molecule has 1 aromatic rings. The van der Waals surface area contributed by atoms with Gasteiger partial charge in [-0.2, -0.15) is 5.26 Å². The SMILES string of the molecule is COCC(N)c1cc(N)ccc1C#N. The predicted molar refractivity (Wildman–Crippen MR) is 54.4 cm³/mol. The average Bonchev–Trinajstić information content (AvgIpc) is 2.18. The molecule has 0 aromatic heterocycles. The molecule has 1 atom stereocenters. The summed E-state index contributed by atoms with van der Waals surface area (Å²) in [7, 11) is 1.57. The van der Waals surface area contributed by atoms with Crippen LogP contribution in [0, 0.1) is 11.3 Å². The summed E-state index contributed by atoms with van der Waals surface area (Å²) in [5.41, 5.74) is 13.3. The van der Waals surface area contributed by atoms with Crippen molar-refractivity contribution < 1.29 is 4.74 Å². The van der Waals surface area contributed by atoms with Gasteiger partial charge in [-0.1, -0.05) is 0 Å². The third kappa shape index (κ3) is 2.22. The number of nitrogens with two attached hydrogens (primary N) is 2. The Hall–Kier alpha value is -1.57. The van der Waals surface area contributed by atoms with Crippen LogP contribution >= 0.6 is 0 Å². The van der Waals surface area contributed by atoms with E-state index in [0.29, 0.717) is 17.9 Å². The average molecular weight is 191 g/mol. The second-order valence-electron chi connectivity index (χ2n) is 3.02. The van der Waals surface area contributed by atoms with Gasteiger partial charge in [0.2, 0.25) is 0 Å². The molecule has 0 fully saturated rings. The molecular formula is C10H13N3O. The lowest BCUT2D eigenvalue weighted by Gasteiger charge is -2.12. The maximum Gasteiger partial charge on any atom is 0.0995 e. The molecule has 14 heavy (non-hydrogen) atoms. The van der Waals surface area contributed by atoms with Gasteiger partial charge >= 0.3 is 0 Å². The van der Waals surface area contributed by atoms with Crippen molar-refractivity contribution >= 4 is 5.69 Å². The van der Waals surface area contributed by atoms with E-state index < -0.39 is 0 Å². The van der Waals surface area contributed by atoms with Crippen LogP contribution in [-0.4, -0.2) is 13.7 Å². The number of nitrogen functional groups attached to an aromatic ring is 1. The van der Waals surface area contributed by atoms with Gasteiger partial charge in [0.1, 0.15) is 0 Å². The Kier molecular flexibility index (Phi) is 3.46. The predicted octanol–water partition coefficient (Wildman–Crippen LogP) is 0.787. The molecule has 0 radical (unpaired) electrons. The topological polar surface area (TPSA) is 85.1 Å². The van der Waals surface area contributed by atoms with E-state index in [1.807, 2.05) is 0 Å². The molecule has 0 bridgehead atoms. The summed E-state index contributed by atoms with van der Waals surface area (Å²) >= 11 is 0. The van der Waals surface area contributed by atoms with E-state index in [2.05, 4.69) is 6.07 Å². The zero-order valence-electron chi connectivity index (χ0n) is 8.03. The Labute approximate surface area is 83.1 Å². The Morgan fingerprint density at radius 1 is 1.57 bits per heavy atom. The van der Waals surface area contributed by atoms with E-state index in [4.69, 9.17) is 21.5 Å². The second-order valence-corrected chi connectivity index (χ2v) is 3.02. The minimum absolute atomic E-state index is 0.307. The third-order valence-electron chi connectivity index (χ3n) is 1.94. The minimum atomic E-state index is -0.307. The first kappa shape index (κ1) is 10.5. The van der Waals surface area contributed by atoms with Crippen molar-refractivity contribution in [1.82, 2.24) is 0 Å². The van der Waals surface area contributed by atoms with Gasteiger partial charge in [-0.3, -0.25) is 0 Å². The summed E-state index contributed by atoms with van der Waals surface area (Å²) in [5.74, 6) is 0. The molecule has 0 amide bonds. The standard InChI is InChI=1S/C10H13N3O/c1-14-6-10(13)9-4-8(12)3-2-7(9)5-11/h2-4,10H,6,12-13H2,1H3. The van der Waals surface area contributed by atoms with Crippen molar-refractivity contribution in [3.63, 3.8) is 0 Å². The molecule has 1 aromatic carbocycles. The van der Waals surface area contributed by atoms with E-state index >= 15 is 0 Å². The van der Waals surface area contributed by atoms with E-state index in [-0.39, 0.29) is 6.04 Å². The molecule has 0 saturated heterocycles. The monoisotopic (exact) mass is 191 g/mol. The van der Waals surface area contributed by atoms with E-state index in [9.17, 15) is 0 Å². The van der Waals surface area contributed by atoms with Gasteiger partial charge in [-0.25, -0.2) is 0 Å². The molecule has 4 N–H and O–H groups in total.